The summed E-state index contributed by atoms with van der Waals surface area (Å²) >= 11 is 0. The Labute approximate surface area is 439 Å². The highest BCUT2D eigenvalue weighted by atomic mass is 16.5. The van der Waals surface area contributed by atoms with E-state index in [1.165, 1.54) is 54.6 Å². The van der Waals surface area contributed by atoms with Gasteiger partial charge >= 0.3 is 11.9 Å². The average Bonchev–Trinajstić information content (AvgIpc) is 3.29. The van der Waals surface area contributed by atoms with Gasteiger partial charge in [-0.2, -0.15) is 0 Å². The predicted molar refractivity (Wildman–Crippen MR) is 301 cm³/mol. The number of allylic oxidation sites excluding steroid dienone is 10. The molecule has 6 rings (SSSR count). The molecule has 0 aromatic rings. The molecule has 0 aromatic heterocycles. The number of ketones is 2. The number of aliphatic hydroxyl groups excluding tert-OH is 2. The molecule has 0 spiro atoms. The smallest absolute Gasteiger partial charge is 0.303 e. The normalized spacial score (nSPS) is 30.8. The van der Waals surface area contributed by atoms with Gasteiger partial charge in [-0.1, -0.05) is 112 Å². The molecule has 8 nitrogen and oxygen atoms in total. The Bertz CT molecular complexity index is 1970. The van der Waals surface area contributed by atoms with Crippen LogP contribution in [0.2, 0.25) is 0 Å². The molecule has 0 saturated heterocycles. The minimum Gasteiger partial charge on any atom is -0.462 e. The van der Waals surface area contributed by atoms with Crippen LogP contribution in [0.4, 0.5) is 0 Å². The van der Waals surface area contributed by atoms with Gasteiger partial charge in [0.05, 0.1) is 12.2 Å². The fourth-order valence-corrected chi connectivity index (χ4v) is 9.87. The number of hydrogen-bond donors (Lipinski definition) is 2. The van der Waals surface area contributed by atoms with Gasteiger partial charge in [-0.15, -0.1) is 0 Å². The van der Waals surface area contributed by atoms with E-state index in [1.807, 2.05) is 61.5 Å². The van der Waals surface area contributed by atoms with Crippen LogP contribution < -0.4 is 0 Å². The maximum Gasteiger partial charge on any atom is 0.303 e. The van der Waals surface area contributed by atoms with Crippen molar-refractivity contribution in [2.75, 3.05) is 0 Å². The molecule has 13 unspecified atom stereocenters. The summed E-state index contributed by atoms with van der Waals surface area (Å²) < 4.78 is 10.5. The summed E-state index contributed by atoms with van der Waals surface area (Å²) in [7, 11) is 0. The molecule has 3 saturated carbocycles. The van der Waals surface area contributed by atoms with Crippen LogP contribution >= 0.6 is 0 Å². The zero-order valence-electron chi connectivity index (χ0n) is 47.9. The minimum atomic E-state index is -0.231. The summed E-state index contributed by atoms with van der Waals surface area (Å²) in [6, 6.07) is 0. The number of rotatable bonds is 8. The van der Waals surface area contributed by atoms with Crippen LogP contribution in [-0.2, 0) is 28.7 Å². The van der Waals surface area contributed by atoms with Crippen molar-refractivity contribution in [2.24, 2.45) is 53.3 Å². The van der Waals surface area contributed by atoms with Crippen LogP contribution in [0.15, 0.2) is 108 Å². The van der Waals surface area contributed by atoms with Gasteiger partial charge < -0.3 is 19.7 Å². The maximum atomic E-state index is 11.3. The van der Waals surface area contributed by atoms with Gasteiger partial charge in [0, 0.05) is 32.6 Å². The lowest BCUT2D eigenvalue weighted by molar-refractivity contribution is -0.151. The predicted octanol–water partition coefficient (Wildman–Crippen LogP) is 15.5. The third kappa shape index (κ3) is 24.7. The Balaban J connectivity index is 0.000000433. The molecule has 3 fully saturated rings. The van der Waals surface area contributed by atoms with Crippen molar-refractivity contribution in [3.05, 3.63) is 108 Å². The second-order valence-electron chi connectivity index (χ2n) is 22.9. The standard InChI is InChI=1S/C12H20O2.C12H18O2.C10H18O.2C10H16O.C10H14O/c2*1-8(2)11-6-5-9(3)12(7-11)14-10(4)13;4*1-7(2)9-5-4-8(3)10(11)6-9/h9,11-12H,1,5-7H2,2-4H3;5,11-12H,1,6-7H2,2-4H3;8-11H,1,4-6H2,2-3H3;8-9H,1,4-6H2,2-3H3;4,9-11H,1,5-6H2,2-3H3;4,9H,1,5-6H2,2-3H3. The van der Waals surface area contributed by atoms with E-state index >= 15 is 0 Å². The van der Waals surface area contributed by atoms with Crippen molar-refractivity contribution in [1.29, 1.82) is 0 Å². The summed E-state index contributed by atoms with van der Waals surface area (Å²) in [6.07, 6.45) is 21.0. The number of carbonyl (C=O) groups is 4. The van der Waals surface area contributed by atoms with Crippen LogP contribution in [0.5, 0.6) is 0 Å². The molecule has 0 amide bonds. The van der Waals surface area contributed by atoms with Crippen LogP contribution in [0.25, 0.3) is 0 Å². The second kappa shape index (κ2) is 32.9. The van der Waals surface area contributed by atoms with E-state index in [0.717, 1.165) is 99.3 Å². The third-order valence-corrected chi connectivity index (χ3v) is 16.1. The van der Waals surface area contributed by atoms with Crippen LogP contribution in [0, 0.1) is 53.3 Å². The quantitative estimate of drug-likeness (QED) is 0.182. The summed E-state index contributed by atoms with van der Waals surface area (Å²) in [5.74, 6) is 4.55. The van der Waals surface area contributed by atoms with E-state index in [1.54, 1.807) is 0 Å². The van der Waals surface area contributed by atoms with Gasteiger partial charge in [0.1, 0.15) is 18.0 Å². The molecule has 0 radical (unpaired) electrons. The zero-order chi connectivity index (χ0) is 55.2. The molecule has 0 aromatic carbocycles. The molecule has 0 bridgehead atoms. The molecule has 0 aliphatic heterocycles. The van der Waals surface area contributed by atoms with E-state index in [9.17, 15) is 29.4 Å². The van der Waals surface area contributed by atoms with Gasteiger partial charge in [-0.25, -0.2) is 0 Å². The lowest BCUT2D eigenvalue weighted by Crippen LogP contribution is -2.31. The highest BCUT2D eigenvalue weighted by Crippen LogP contribution is 2.36. The molecule has 8 heteroatoms. The molecule has 406 valence electrons. The highest BCUT2D eigenvalue weighted by molar-refractivity contribution is 5.95. The maximum absolute atomic E-state index is 11.3. The van der Waals surface area contributed by atoms with Crippen molar-refractivity contribution in [1.82, 2.24) is 0 Å². The number of aliphatic hydroxyl groups is 2. The van der Waals surface area contributed by atoms with Crippen LogP contribution in [0.3, 0.4) is 0 Å². The van der Waals surface area contributed by atoms with Crippen LogP contribution in [-0.4, -0.2) is 58.1 Å². The first kappa shape index (κ1) is 65.9. The molecule has 0 heterocycles. The SMILES string of the molecule is C=C(C)C1CC=C(C)C(=O)C1.C=C(C)C1CC=C(C)C(O)C1.C=C(C)C1CC=C(C)C(OC(C)=O)C1.C=C(C)C1CCC(C)C(=O)C1.C=C(C)C1CCC(C)C(O)C1.C=C(C)C1CCC(C)C(OC(C)=O)C1. The second-order valence-corrected chi connectivity index (χ2v) is 22.9. The highest BCUT2D eigenvalue weighted by Gasteiger charge is 2.31. The zero-order valence-corrected chi connectivity index (χ0v) is 47.9. The first-order valence-corrected chi connectivity index (χ1v) is 27.1. The van der Waals surface area contributed by atoms with Crippen LogP contribution in [0.1, 0.15) is 193 Å². The molecule has 13 atom stereocenters. The molecular formula is C64H102O8. The molecule has 6 aliphatic rings. The molecule has 72 heavy (non-hydrogen) atoms. The van der Waals surface area contributed by atoms with Crippen molar-refractivity contribution in [3.63, 3.8) is 0 Å². The summed E-state index contributed by atoms with van der Waals surface area (Å²) in [4.78, 5) is 44.2. The van der Waals surface area contributed by atoms with Crippen molar-refractivity contribution >= 4 is 23.5 Å². The fraction of sp³-hybridized carbons (Fsp3) is 0.656. The summed E-state index contributed by atoms with van der Waals surface area (Å²) in [5, 5.41) is 19.0. The van der Waals surface area contributed by atoms with Crippen molar-refractivity contribution in [2.45, 2.75) is 218 Å². The van der Waals surface area contributed by atoms with Gasteiger partial charge in [0.2, 0.25) is 0 Å². The number of carbonyl (C=O) groups excluding carboxylic acids is 4. The molecule has 2 N–H and O–H groups in total. The summed E-state index contributed by atoms with van der Waals surface area (Å²) in [6.45, 7) is 50.8. The number of Topliss-reactive ketones (excluding diaryl/α,β-unsaturated/α-hetero) is 2. The first-order valence-electron chi connectivity index (χ1n) is 27.1. The first-order chi connectivity index (χ1) is 33.4. The molecular weight excluding hydrogens is 897 g/mol. The Kier molecular flexibility index (Phi) is 30.1. The number of esters is 2. The van der Waals surface area contributed by atoms with Crippen molar-refractivity contribution < 1.29 is 38.9 Å². The van der Waals surface area contributed by atoms with Crippen molar-refractivity contribution in [3.8, 4) is 0 Å². The third-order valence-electron chi connectivity index (χ3n) is 16.1. The van der Waals surface area contributed by atoms with E-state index in [-0.39, 0.29) is 42.1 Å². The lowest BCUT2D eigenvalue weighted by Gasteiger charge is -2.33. The number of ether oxygens (including phenoxy) is 2. The lowest BCUT2D eigenvalue weighted by atomic mass is 9.78. The topological polar surface area (TPSA) is 127 Å². The van der Waals surface area contributed by atoms with Gasteiger partial charge in [0.15, 0.2) is 5.78 Å². The largest absolute Gasteiger partial charge is 0.462 e. The van der Waals surface area contributed by atoms with E-state index in [0.29, 0.717) is 65.5 Å². The van der Waals surface area contributed by atoms with E-state index < -0.39 is 0 Å². The molecule has 6 aliphatic carbocycles. The fourth-order valence-electron chi connectivity index (χ4n) is 9.87. The van der Waals surface area contributed by atoms with Gasteiger partial charge in [-0.3, -0.25) is 19.2 Å². The van der Waals surface area contributed by atoms with E-state index in [4.69, 9.17) is 9.47 Å². The Morgan fingerprint density at radius 1 is 0.500 bits per heavy atom. The Morgan fingerprint density at radius 2 is 0.944 bits per heavy atom. The van der Waals surface area contributed by atoms with Gasteiger partial charge in [0.25, 0.3) is 0 Å². The number of hydrogen-bond acceptors (Lipinski definition) is 8. The Morgan fingerprint density at radius 3 is 1.39 bits per heavy atom. The Hall–Kier alpha value is -4.14. The monoisotopic (exact) mass is 999 g/mol. The average molecular weight is 1000 g/mol. The minimum absolute atomic E-state index is 0.0389. The van der Waals surface area contributed by atoms with Gasteiger partial charge in [-0.05, 0) is 210 Å². The summed E-state index contributed by atoms with van der Waals surface area (Å²) in [5.41, 5.74) is 10.3. The van der Waals surface area contributed by atoms with E-state index in [2.05, 4.69) is 79.3 Å².